The topological polar surface area (TPSA) is 51.4 Å². The van der Waals surface area contributed by atoms with Gasteiger partial charge in [-0.1, -0.05) is 0 Å². The third kappa shape index (κ3) is 3.25. The van der Waals surface area contributed by atoms with Crippen molar-refractivity contribution in [1.29, 1.82) is 0 Å². The Morgan fingerprint density at radius 1 is 1.64 bits per heavy atom. The predicted molar refractivity (Wildman–Crippen MR) is 59.8 cm³/mol. The molecule has 0 saturated carbocycles. The second-order valence-corrected chi connectivity index (χ2v) is 3.93. The number of nitrogens with two attached hydrogens (primary N) is 1. The molecular weight excluding hydrogens is 198 g/mol. The fourth-order valence-electron chi connectivity index (χ4n) is 1.11. The van der Waals surface area contributed by atoms with Crippen LogP contribution in [-0.2, 0) is 11.3 Å². The lowest BCUT2D eigenvalue weighted by Crippen LogP contribution is -2.19. The quantitative estimate of drug-likeness (QED) is 0.721. The van der Waals surface area contributed by atoms with E-state index in [0.29, 0.717) is 6.54 Å². The van der Waals surface area contributed by atoms with Crippen molar-refractivity contribution in [3.8, 4) is 0 Å². The van der Waals surface area contributed by atoms with Crippen LogP contribution in [0.4, 0.5) is 5.13 Å². The van der Waals surface area contributed by atoms with E-state index in [-0.39, 0.29) is 0 Å². The normalized spacial score (nSPS) is 10.5. The molecule has 0 spiro atoms. The van der Waals surface area contributed by atoms with Crippen LogP contribution in [0.5, 0.6) is 0 Å². The molecule has 1 rings (SSSR count). The summed E-state index contributed by atoms with van der Waals surface area (Å²) in [7, 11) is 3.75. The highest BCUT2D eigenvalue weighted by atomic mass is 32.1. The smallest absolute Gasteiger partial charge is 0.185 e. The first-order valence-corrected chi connectivity index (χ1v) is 5.50. The minimum absolute atomic E-state index is 0.516. The van der Waals surface area contributed by atoms with Crippen molar-refractivity contribution in [3.63, 3.8) is 0 Å². The lowest BCUT2D eigenvalue weighted by Gasteiger charge is -2.14. The van der Waals surface area contributed by atoms with Crippen LogP contribution in [0.2, 0.25) is 0 Å². The van der Waals surface area contributed by atoms with Gasteiger partial charge < -0.3 is 15.4 Å². The van der Waals surface area contributed by atoms with E-state index in [2.05, 4.69) is 9.88 Å². The van der Waals surface area contributed by atoms with Crippen LogP contribution >= 0.6 is 11.3 Å². The van der Waals surface area contributed by atoms with Crippen LogP contribution in [0.1, 0.15) is 12.1 Å². The Kier molecular flexibility index (Phi) is 4.86. The van der Waals surface area contributed by atoms with Crippen molar-refractivity contribution in [2.75, 3.05) is 32.2 Å². The van der Waals surface area contributed by atoms with Gasteiger partial charge >= 0.3 is 0 Å². The first kappa shape index (κ1) is 11.4. The molecule has 0 radical (unpaired) electrons. The number of aromatic nitrogens is 1. The highest BCUT2D eigenvalue weighted by Gasteiger charge is 2.05. The zero-order valence-corrected chi connectivity index (χ0v) is 9.51. The second-order valence-electron chi connectivity index (χ2n) is 3.09. The van der Waals surface area contributed by atoms with Crippen molar-refractivity contribution < 1.29 is 4.74 Å². The van der Waals surface area contributed by atoms with E-state index in [4.69, 9.17) is 10.5 Å². The summed E-state index contributed by atoms with van der Waals surface area (Å²) < 4.78 is 4.99. The first-order chi connectivity index (χ1) is 6.77. The summed E-state index contributed by atoms with van der Waals surface area (Å²) in [6.07, 6.45) is 1.02. The predicted octanol–water partition coefficient (Wildman–Crippen LogP) is 1.07. The molecule has 2 N–H and O–H groups in total. The summed E-state index contributed by atoms with van der Waals surface area (Å²) in [5, 5.41) is 3.03. The van der Waals surface area contributed by atoms with E-state index < -0.39 is 0 Å². The van der Waals surface area contributed by atoms with Gasteiger partial charge in [-0.25, -0.2) is 4.98 Å². The fourth-order valence-corrected chi connectivity index (χ4v) is 1.94. The molecule has 14 heavy (non-hydrogen) atoms. The Morgan fingerprint density at radius 2 is 2.43 bits per heavy atom. The summed E-state index contributed by atoms with van der Waals surface area (Å²) in [5.74, 6) is 0. The lowest BCUT2D eigenvalue weighted by molar-refractivity contribution is 0.196. The van der Waals surface area contributed by atoms with Crippen LogP contribution in [0.3, 0.4) is 0 Å². The van der Waals surface area contributed by atoms with E-state index in [1.165, 1.54) is 0 Å². The number of anilines is 1. The molecule has 0 aliphatic rings. The second kappa shape index (κ2) is 5.95. The zero-order valence-electron chi connectivity index (χ0n) is 8.69. The number of rotatable bonds is 6. The minimum Gasteiger partial charge on any atom is -0.385 e. The number of methoxy groups -OCH3 is 1. The van der Waals surface area contributed by atoms with Gasteiger partial charge in [0.2, 0.25) is 0 Å². The molecule has 80 valence electrons. The van der Waals surface area contributed by atoms with E-state index in [1.54, 1.807) is 18.4 Å². The highest BCUT2D eigenvalue weighted by molar-refractivity contribution is 7.13. The van der Waals surface area contributed by atoms with Gasteiger partial charge in [0.05, 0.1) is 5.69 Å². The molecule has 0 aromatic carbocycles. The fraction of sp³-hybridized carbons (Fsp3) is 0.667. The third-order valence-electron chi connectivity index (χ3n) is 1.92. The van der Waals surface area contributed by atoms with E-state index >= 15 is 0 Å². The van der Waals surface area contributed by atoms with Crippen LogP contribution < -0.4 is 10.6 Å². The Bertz CT molecular complexity index is 264. The van der Waals surface area contributed by atoms with E-state index in [0.717, 1.165) is 30.4 Å². The molecule has 0 unspecified atom stereocenters. The maximum Gasteiger partial charge on any atom is 0.185 e. The summed E-state index contributed by atoms with van der Waals surface area (Å²) in [6.45, 7) is 2.27. The maximum absolute atomic E-state index is 5.49. The van der Waals surface area contributed by atoms with E-state index in [1.807, 2.05) is 12.4 Å². The van der Waals surface area contributed by atoms with E-state index in [9.17, 15) is 0 Å². The summed E-state index contributed by atoms with van der Waals surface area (Å²) in [6, 6.07) is 0. The molecule has 0 amide bonds. The molecule has 1 heterocycles. The van der Waals surface area contributed by atoms with Crippen LogP contribution in [0.15, 0.2) is 5.38 Å². The van der Waals surface area contributed by atoms with Crippen molar-refractivity contribution in [1.82, 2.24) is 4.98 Å². The van der Waals surface area contributed by atoms with Gasteiger partial charge in [-0.2, -0.15) is 0 Å². The molecule has 1 aromatic heterocycles. The third-order valence-corrected chi connectivity index (χ3v) is 2.92. The van der Waals surface area contributed by atoms with Crippen molar-refractivity contribution in [3.05, 3.63) is 11.1 Å². The molecule has 1 aromatic rings. The maximum atomic E-state index is 5.49. The molecule has 0 aliphatic carbocycles. The standard InChI is InChI=1S/C9H17N3OS/c1-12(4-3-5-13-2)9-11-8(6-10)7-14-9/h7H,3-6,10H2,1-2H3. The first-order valence-electron chi connectivity index (χ1n) is 4.62. The Hall–Kier alpha value is -0.650. The SMILES string of the molecule is COCCCN(C)c1nc(CN)cs1. The summed E-state index contributed by atoms with van der Waals surface area (Å²) in [5.41, 5.74) is 6.45. The van der Waals surface area contributed by atoms with Gasteiger partial charge in [-0.05, 0) is 6.42 Å². The van der Waals surface area contributed by atoms with Crippen molar-refractivity contribution in [2.24, 2.45) is 5.73 Å². The van der Waals surface area contributed by atoms with Gasteiger partial charge in [0.15, 0.2) is 5.13 Å². The number of hydrogen-bond acceptors (Lipinski definition) is 5. The summed E-state index contributed by atoms with van der Waals surface area (Å²) in [4.78, 5) is 6.51. The Morgan fingerprint density at radius 3 is 3.00 bits per heavy atom. The minimum atomic E-state index is 0.516. The monoisotopic (exact) mass is 215 g/mol. The molecule has 0 bridgehead atoms. The molecule has 4 nitrogen and oxygen atoms in total. The van der Waals surface area contributed by atoms with Crippen LogP contribution in [0, 0.1) is 0 Å². The molecule has 0 atom stereocenters. The van der Waals surface area contributed by atoms with Crippen molar-refractivity contribution in [2.45, 2.75) is 13.0 Å². The van der Waals surface area contributed by atoms with Gasteiger partial charge in [-0.15, -0.1) is 11.3 Å². The molecule has 0 fully saturated rings. The number of thiazole rings is 1. The van der Waals surface area contributed by atoms with Gasteiger partial charge in [0.1, 0.15) is 0 Å². The molecular formula is C9H17N3OS. The molecule has 0 aliphatic heterocycles. The van der Waals surface area contributed by atoms with Crippen LogP contribution in [0.25, 0.3) is 0 Å². The molecule has 0 saturated heterocycles. The van der Waals surface area contributed by atoms with Crippen LogP contribution in [-0.4, -0.2) is 32.3 Å². The summed E-state index contributed by atoms with van der Waals surface area (Å²) >= 11 is 1.63. The molecule has 5 heteroatoms. The van der Waals surface area contributed by atoms with Gasteiger partial charge in [-0.3, -0.25) is 0 Å². The average Bonchev–Trinajstić information content (AvgIpc) is 2.66. The number of hydrogen-bond donors (Lipinski definition) is 1. The van der Waals surface area contributed by atoms with Gasteiger partial charge in [0.25, 0.3) is 0 Å². The van der Waals surface area contributed by atoms with Crippen molar-refractivity contribution >= 4 is 16.5 Å². The highest BCUT2D eigenvalue weighted by Crippen LogP contribution is 2.18. The van der Waals surface area contributed by atoms with Gasteiger partial charge in [0, 0.05) is 39.2 Å². The number of nitrogens with zero attached hydrogens (tertiary/aromatic N) is 2. The Balaban J connectivity index is 2.39. The largest absolute Gasteiger partial charge is 0.385 e. The zero-order chi connectivity index (χ0) is 10.4. The number of ether oxygens (including phenoxy) is 1. The Labute approximate surface area is 88.7 Å². The average molecular weight is 215 g/mol. The lowest BCUT2D eigenvalue weighted by atomic mass is 10.4.